The van der Waals surface area contributed by atoms with Gasteiger partial charge in [0, 0.05) is 18.3 Å². The summed E-state index contributed by atoms with van der Waals surface area (Å²) in [5.41, 5.74) is -1.22. The lowest BCUT2D eigenvalue weighted by Gasteiger charge is -2.37. The van der Waals surface area contributed by atoms with Crippen molar-refractivity contribution in [1.82, 2.24) is 0 Å². The van der Waals surface area contributed by atoms with Crippen LogP contribution in [-0.2, 0) is 35.4 Å². The lowest BCUT2D eigenvalue weighted by Crippen LogP contribution is -2.42. The van der Waals surface area contributed by atoms with Crippen LogP contribution < -0.4 is 0 Å². The summed E-state index contributed by atoms with van der Waals surface area (Å²) in [7, 11) is -4.10. The Bertz CT molecular complexity index is 763. The predicted molar refractivity (Wildman–Crippen MR) is 123 cm³/mol. The van der Waals surface area contributed by atoms with Gasteiger partial charge in [0.1, 0.15) is 23.1 Å². The molecule has 3 aliphatic rings. The highest BCUT2D eigenvalue weighted by molar-refractivity contribution is 7.97. The molecule has 0 amide bonds. The van der Waals surface area contributed by atoms with E-state index in [2.05, 4.69) is 6.92 Å². The van der Waals surface area contributed by atoms with E-state index in [1.165, 1.54) is 19.3 Å². The number of hydrogen-bond donors (Lipinski definition) is 0. The summed E-state index contributed by atoms with van der Waals surface area (Å²) in [6.45, 7) is 6.02. The molecule has 0 spiro atoms. The predicted octanol–water partition coefficient (Wildman–Crippen LogP) is 3.43. The number of ketones is 3. The van der Waals surface area contributed by atoms with Gasteiger partial charge < -0.3 is 4.55 Å². The molecular formula is C23H38O6S2. The van der Waals surface area contributed by atoms with E-state index in [1.54, 1.807) is 0 Å². The summed E-state index contributed by atoms with van der Waals surface area (Å²) in [4.78, 5) is 34.6. The maximum atomic E-state index is 11.8. The Kier molecular flexibility index (Phi) is 9.35. The number of fused-ring (bicyclic) bond motifs is 2. The molecule has 31 heavy (non-hydrogen) atoms. The second kappa shape index (κ2) is 10.9. The summed E-state index contributed by atoms with van der Waals surface area (Å²) in [5.74, 6) is 3.23. The Morgan fingerprint density at radius 1 is 1.13 bits per heavy atom. The van der Waals surface area contributed by atoms with Crippen molar-refractivity contribution in [3.8, 4) is 0 Å². The van der Waals surface area contributed by atoms with Crippen molar-refractivity contribution in [2.24, 2.45) is 16.7 Å². The van der Waals surface area contributed by atoms with Crippen LogP contribution >= 0.6 is 0 Å². The topological polar surface area (TPSA) is 108 Å². The molecule has 6 nitrogen and oxygen atoms in total. The van der Waals surface area contributed by atoms with E-state index in [4.69, 9.17) is 0 Å². The van der Waals surface area contributed by atoms with Crippen molar-refractivity contribution in [1.29, 1.82) is 0 Å². The van der Waals surface area contributed by atoms with Crippen LogP contribution in [0.25, 0.3) is 0 Å². The maximum absolute atomic E-state index is 11.8. The minimum absolute atomic E-state index is 0.0248. The first-order chi connectivity index (χ1) is 14.4. The summed E-state index contributed by atoms with van der Waals surface area (Å²) in [6, 6.07) is 0. The van der Waals surface area contributed by atoms with Gasteiger partial charge in [-0.2, -0.15) is 0 Å². The largest absolute Gasteiger partial charge is 0.748 e. The van der Waals surface area contributed by atoms with Crippen LogP contribution in [0.2, 0.25) is 0 Å². The molecule has 1 saturated heterocycles. The first-order valence-corrected chi connectivity index (χ1v) is 14.9. The van der Waals surface area contributed by atoms with E-state index >= 15 is 0 Å². The average Bonchev–Trinajstić information content (AvgIpc) is 3.00. The lowest BCUT2D eigenvalue weighted by molar-refractivity contribution is -0.128. The number of Topliss-reactive ketones (excluding diaryl/α,β-unsaturated/α-hetero) is 3. The summed E-state index contributed by atoms with van der Waals surface area (Å²) in [6.07, 6.45) is 8.78. The Morgan fingerprint density at radius 2 is 1.77 bits per heavy atom. The van der Waals surface area contributed by atoms with Crippen LogP contribution in [0, 0.1) is 16.7 Å². The highest BCUT2D eigenvalue weighted by Crippen LogP contribution is 2.64. The molecule has 0 aromatic heterocycles. The van der Waals surface area contributed by atoms with Crippen molar-refractivity contribution in [3.05, 3.63) is 0 Å². The molecule has 2 bridgehead atoms. The molecule has 1 aliphatic heterocycles. The number of rotatable bonds is 9. The smallest absolute Gasteiger partial charge is 0.181 e. The third-order valence-electron chi connectivity index (χ3n) is 7.58. The van der Waals surface area contributed by atoms with Crippen LogP contribution in [-0.4, -0.2) is 53.3 Å². The normalized spacial score (nSPS) is 27.8. The fourth-order valence-corrected chi connectivity index (χ4v) is 8.75. The van der Waals surface area contributed by atoms with Crippen LogP contribution in [0.4, 0.5) is 0 Å². The maximum Gasteiger partial charge on any atom is 0.181 e. The number of hydrogen-bond acceptors (Lipinski definition) is 6. The molecule has 0 aromatic rings. The Labute approximate surface area is 190 Å². The first-order valence-electron chi connectivity index (χ1n) is 11.6. The lowest BCUT2D eigenvalue weighted by atomic mass is 9.70. The number of unbranched alkanes of at least 4 members (excludes halogenated alkanes) is 3. The zero-order valence-electron chi connectivity index (χ0n) is 19.2. The van der Waals surface area contributed by atoms with E-state index in [9.17, 15) is 27.4 Å². The third kappa shape index (κ3) is 6.87. The van der Waals surface area contributed by atoms with Crippen molar-refractivity contribution >= 4 is 38.4 Å². The molecule has 0 radical (unpaired) electrons. The first kappa shape index (κ1) is 26.5. The summed E-state index contributed by atoms with van der Waals surface area (Å²) in [5, 5.41) is 0. The molecule has 3 fully saturated rings. The van der Waals surface area contributed by atoms with E-state index in [0.29, 0.717) is 37.2 Å². The molecule has 2 atom stereocenters. The minimum atomic E-state index is -4.33. The molecule has 1 heterocycles. The van der Waals surface area contributed by atoms with Gasteiger partial charge >= 0.3 is 0 Å². The van der Waals surface area contributed by atoms with Gasteiger partial charge in [0.25, 0.3) is 0 Å². The fourth-order valence-electron chi connectivity index (χ4n) is 5.35. The van der Waals surface area contributed by atoms with Gasteiger partial charge in [0.2, 0.25) is 0 Å². The molecule has 2 unspecified atom stereocenters. The standard InChI is InChI=1S/C13H23O2S.C10H16O4S/c1-2-3-4-5-6-13(15)11-16-9-7-12(14)8-10-16;1-9(2)7-3-4-10(9,8(11)5-7)6-15(12,13)14/h2-11H2,1H3;7H,3-6H2,1-2H3,(H,12,13,14)/q+1;/p-1. The molecule has 3 rings (SSSR count). The monoisotopic (exact) mass is 474 g/mol. The SMILES string of the molecule is CC1(C)C2CCC1(CS(=O)(=O)[O-])C(=O)C2.CCCCCCC(=O)C[S+]1CCC(=O)CC1. The number of carbonyl (C=O) groups excluding carboxylic acids is 3. The molecule has 8 heteroatoms. The molecule has 2 aliphatic carbocycles. The zero-order valence-corrected chi connectivity index (χ0v) is 20.9. The van der Waals surface area contributed by atoms with E-state index in [-0.39, 0.29) is 28.0 Å². The zero-order chi connectivity index (χ0) is 23.3. The van der Waals surface area contributed by atoms with E-state index in [1.807, 2.05) is 13.8 Å². The third-order valence-corrected chi connectivity index (χ3v) is 10.7. The molecule has 2 saturated carbocycles. The summed E-state index contributed by atoms with van der Waals surface area (Å²) >= 11 is 0. The highest BCUT2D eigenvalue weighted by Gasteiger charge is 2.64. The van der Waals surface area contributed by atoms with Crippen LogP contribution in [0.5, 0.6) is 0 Å². The van der Waals surface area contributed by atoms with Gasteiger partial charge in [-0.3, -0.25) is 14.4 Å². The summed E-state index contributed by atoms with van der Waals surface area (Å²) < 4.78 is 32.7. The van der Waals surface area contributed by atoms with Gasteiger partial charge in [0.15, 0.2) is 11.5 Å². The molecular weight excluding hydrogens is 436 g/mol. The van der Waals surface area contributed by atoms with E-state index < -0.39 is 21.3 Å². The van der Waals surface area contributed by atoms with Gasteiger partial charge in [0.05, 0.1) is 28.7 Å². The minimum Gasteiger partial charge on any atom is -0.748 e. The molecule has 0 aromatic carbocycles. The van der Waals surface area contributed by atoms with Crippen molar-refractivity contribution in [2.75, 3.05) is 23.0 Å². The molecule has 0 N–H and O–H groups in total. The Morgan fingerprint density at radius 3 is 2.26 bits per heavy atom. The van der Waals surface area contributed by atoms with Gasteiger partial charge in [-0.05, 0) is 41.5 Å². The van der Waals surface area contributed by atoms with Crippen LogP contribution in [0.15, 0.2) is 0 Å². The number of carbonyl (C=O) groups is 3. The average molecular weight is 475 g/mol. The Hall–Kier alpha value is -0.730. The van der Waals surface area contributed by atoms with Crippen molar-refractivity contribution in [3.63, 3.8) is 0 Å². The van der Waals surface area contributed by atoms with Crippen LogP contribution in [0.3, 0.4) is 0 Å². The van der Waals surface area contributed by atoms with Crippen molar-refractivity contribution in [2.45, 2.75) is 85.0 Å². The highest BCUT2D eigenvalue weighted by atomic mass is 32.2. The van der Waals surface area contributed by atoms with E-state index in [0.717, 1.165) is 36.5 Å². The quantitative estimate of drug-likeness (QED) is 0.288. The van der Waals surface area contributed by atoms with Crippen molar-refractivity contribution < 1.29 is 27.4 Å². The second-order valence-electron chi connectivity index (χ2n) is 9.92. The van der Waals surface area contributed by atoms with Gasteiger partial charge in [-0.25, -0.2) is 8.42 Å². The van der Waals surface area contributed by atoms with Gasteiger partial charge in [-0.15, -0.1) is 0 Å². The molecule has 178 valence electrons. The fraction of sp³-hybridized carbons (Fsp3) is 0.870. The van der Waals surface area contributed by atoms with Crippen LogP contribution in [0.1, 0.15) is 85.0 Å². The second-order valence-corrected chi connectivity index (χ2v) is 13.7. The van der Waals surface area contributed by atoms with Gasteiger partial charge in [-0.1, -0.05) is 40.0 Å². The Balaban J connectivity index is 0.000000220.